The molecule has 0 saturated heterocycles. The lowest BCUT2D eigenvalue weighted by Crippen LogP contribution is -2.34. The Hall–Kier alpha value is -0.0400. The molecule has 1 rings (SSSR count). The second-order valence-corrected chi connectivity index (χ2v) is 6.36. The van der Waals surface area contributed by atoms with Crippen LogP contribution >= 0.6 is 0 Å². The van der Waals surface area contributed by atoms with E-state index in [0.29, 0.717) is 10.8 Å². The van der Waals surface area contributed by atoms with Gasteiger partial charge in [0.2, 0.25) is 0 Å². The zero-order valence-electron chi connectivity index (χ0n) is 10.2. The first-order valence-electron chi connectivity index (χ1n) is 6.18. The van der Waals surface area contributed by atoms with Crippen molar-refractivity contribution in [2.75, 3.05) is 6.54 Å². The lowest BCUT2D eigenvalue weighted by Gasteiger charge is -2.37. The van der Waals surface area contributed by atoms with E-state index in [9.17, 15) is 0 Å². The minimum Gasteiger partial charge on any atom is -0.330 e. The highest BCUT2D eigenvalue weighted by Crippen LogP contribution is 2.42. The van der Waals surface area contributed by atoms with Crippen LogP contribution in [0.4, 0.5) is 0 Å². The van der Waals surface area contributed by atoms with Crippen LogP contribution in [-0.2, 0) is 0 Å². The van der Waals surface area contributed by atoms with Crippen molar-refractivity contribution in [2.45, 2.75) is 65.7 Å². The molecule has 0 bridgehead atoms. The van der Waals surface area contributed by atoms with Gasteiger partial charge in [0, 0.05) is 0 Å². The maximum atomic E-state index is 6.01. The van der Waals surface area contributed by atoms with Crippen LogP contribution in [0.3, 0.4) is 0 Å². The van der Waals surface area contributed by atoms with Crippen LogP contribution in [0.25, 0.3) is 0 Å². The Bertz CT molecular complexity index is 159. The molecule has 1 fully saturated rings. The van der Waals surface area contributed by atoms with Gasteiger partial charge >= 0.3 is 0 Å². The van der Waals surface area contributed by atoms with Crippen LogP contribution in [0, 0.1) is 10.8 Å². The van der Waals surface area contributed by atoms with Gasteiger partial charge in [0.1, 0.15) is 0 Å². The van der Waals surface area contributed by atoms with Crippen molar-refractivity contribution in [3.05, 3.63) is 0 Å². The average molecular weight is 197 g/mol. The fraction of sp³-hybridized carbons (Fsp3) is 1.00. The lowest BCUT2D eigenvalue weighted by atomic mass is 9.69. The van der Waals surface area contributed by atoms with Crippen molar-refractivity contribution < 1.29 is 0 Å². The smallest absolute Gasteiger partial charge is 0.00203 e. The monoisotopic (exact) mass is 197 g/mol. The van der Waals surface area contributed by atoms with Crippen molar-refractivity contribution in [1.29, 1.82) is 0 Å². The van der Waals surface area contributed by atoms with Gasteiger partial charge in [0.15, 0.2) is 0 Å². The summed E-state index contributed by atoms with van der Waals surface area (Å²) in [6.07, 6.45) is 9.66. The Morgan fingerprint density at radius 3 is 1.86 bits per heavy atom. The number of hydrogen-bond acceptors (Lipinski definition) is 1. The fourth-order valence-corrected chi connectivity index (χ4v) is 3.06. The summed E-state index contributed by atoms with van der Waals surface area (Å²) in [6.45, 7) is 7.92. The molecule has 2 N–H and O–H groups in total. The molecule has 1 heteroatoms. The van der Waals surface area contributed by atoms with Gasteiger partial charge in [-0.3, -0.25) is 0 Å². The molecule has 84 valence electrons. The first-order chi connectivity index (χ1) is 6.47. The van der Waals surface area contributed by atoms with Gasteiger partial charge in [-0.05, 0) is 36.6 Å². The van der Waals surface area contributed by atoms with Crippen LogP contribution in [0.5, 0.6) is 0 Å². The Labute approximate surface area is 89.5 Å². The predicted molar refractivity (Wildman–Crippen MR) is 63.3 cm³/mol. The molecule has 0 heterocycles. The van der Waals surface area contributed by atoms with Gasteiger partial charge in [0.25, 0.3) is 0 Å². The molecule has 0 aliphatic heterocycles. The number of hydrogen-bond donors (Lipinski definition) is 1. The molecule has 0 atom stereocenters. The van der Waals surface area contributed by atoms with E-state index < -0.39 is 0 Å². The first kappa shape index (κ1) is 12.0. The molecule has 1 aliphatic carbocycles. The topological polar surface area (TPSA) is 26.0 Å². The van der Waals surface area contributed by atoms with E-state index in [4.69, 9.17) is 5.73 Å². The second-order valence-electron chi connectivity index (χ2n) is 6.36. The van der Waals surface area contributed by atoms with E-state index in [-0.39, 0.29) is 0 Å². The summed E-state index contributed by atoms with van der Waals surface area (Å²) in [7, 11) is 0. The lowest BCUT2D eigenvalue weighted by molar-refractivity contribution is 0.154. The molecule has 0 radical (unpaired) electrons. The first-order valence-corrected chi connectivity index (χ1v) is 6.18. The molecule has 0 unspecified atom stereocenters. The van der Waals surface area contributed by atoms with Gasteiger partial charge in [-0.25, -0.2) is 0 Å². The summed E-state index contributed by atoms with van der Waals surface area (Å²) >= 11 is 0. The van der Waals surface area contributed by atoms with Crippen molar-refractivity contribution in [1.82, 2.24) is 0 Å². The Morgan fingerprint density at radius 2 is 1.50 bits per heavy atom. The molecule has 0 aromatic rings. The van der Waals surface area contributed by atoms with E-state index in [1.807, 2.05) is 0 Å². The Balaban J connectivity index is 2.63. The van der Waals surface area contributed by atoms with Crippen LogP contribution in [-0.4, -0.2) is 6.54 Å². The van der Waals surface area contributed by atoms with E-state index in [0.717, 1.165) is 6.54 Å². The highest BCUT2D eigenvalue weighted by Gasteiger charge is 2.33. The highest BCUT2D eigenvalue weighted by molar-refractivity contribution is 4.86. The summed E-state index contributed by atoms with van der Waals surface area (Å²) in [4.78, 5) is 0. The molecule has 14 heavy (non-hydrogen) atoms. The van der Waals surface area contributed by atoms with Gasteiger partial charge in [0.05, 0.1) is 0 Å². The number of nitrogens with two attached hydrogens (primary N) is 1. The van der Waals surface area contributed by atoms with Gasteiger partial charge < -0.3 is 5.73 Å². The second kappa shape index (κ2) is 4.65. The maximum Gasteiger partial charge on any atom is -0.00203 e. The maximum absolute atomic E-state index is 6.01. The van der Waals surface area contributed by atoms with E-state index in [1.165, 1.54) is 44.9 Å². The highest BCUT2D eigenvalue weighted by atomic mass is 14.6. The zero-order valence-corrected chi connectivity index (χ0v) is 10.2. The third-order valence-corrected chi connectivity index (χ3v) is 3.50. The van der Waals surface area contributed by atoms with Crippen LogP contribution in [0.1, 0.15) is 65.7 Å². The van der Waals surface area contributed by atoms with E-state index in [1.54, 1.807) is 0 Å². The summed E-state index contributed by atoms with van der Waals surface area (Å²) in [5, 5.41) is 0. The predicted octanol–water partition coefficient (Wildman–Crippen LogP) is 3.72. The average Bonchev–Trinajstić information content (AvgIpc) is 2.28. The minimum absolute atomic E-state index is 0.434. The summed E-state index contributed by atoms with van der Waals surface area (Å²) in [6, 6.07) is 0. The van der Waals surface area contributed by atoms with Gasteiger partial charge in [-0.1, -0.05) is 46.5 Å². The molecule has 1 nitrogen and oxygen atoms in total. The van der Waals surface area contributed by atoms with Gasteiger partial charge in [-0.2, -0.15) is 0 Å². The minimum atomic E-state index is 0.434. The summed E-state index contributed by atoms with van der Waals surface area (Å²) < 4.78 is 0. The van der Waals surface area contributed by atoms with Crippen molar-refractivity contribution in [3.8, 4) is 0 Å². The van der Waals surface area contributed by atoms with Crippen molar-refractivity contribution in [2.24, 2.45) is 16.6 Å². The summed E-state index contributed by atoms with van der Waals surface area (Å²) in [5.74, 6) is 0. The standard InChI is InChI=1S/C13H27N/c1-12(2,3)10-13(11-14)8-6-4-5-7-9-13/h4-11,14H2,1-3H3. The molecular weight excluding hydrogens is 170 g/mol. The van der Waals surface area contributed by atoms with E-state index in [2.05, 4.69) is 20.8 Å². The number of rotatable bonds is 2. The molecule has 1 aliphatic rings. The van der Waals surface area contributed by atoms with Crippen LogP contribution in [0.2, 0.25) is 0 Å². The molecule has 0 aromatic heterocycles. The fourth-order valence-electron chi connectivity index (χ4n) is 3.06. The quantitative estimate of drug-likeness (QED) is 0.671. The normalized spacial score (nSPS) is 23.1. The third-order valence-electron chi connectivity index (χ3n) is 3.50. The van der Waals surface area contributed by atoms with Crippen molar-refractivity contribution >= 4 is 0 Å². The molecule has 0 spiro atoms. The van der Waals surface area contributed by atoms with Crippen LogP contribution < -0.4 is 5.73 Å². The SMILES string of the molecule is CC(C)(C)CC1(CN)CCCCCC1. The molecule has 0 amide bonds. The van der Waals surface area contributed by atoms with E-state index >= 15 is 0 Å². The Kier molecular flexibility index (Phi) is 4.00. The molecule has 0 aromatic carbocycles. The molecular formula is C13H27N. The largest absolute Gasteiger partial charge is 0.330 e. The zero-order chi connectivity index (χ0) is 10.7. The summed E-state index contributed by atoms with van der Waals surface area (Å²) in [5.41, 5.74) is 6.92. The van der Waals surface area contributed by atoms with Crippen LogP contribution in [0.15, 0.2) is 0 Å². The Morgan fingerprint density at radius 1 is 1.00 bits per heavy atom. The third kappa shape index (κ3) is 3.61. The van der Waals surface area contributed by atoms with Crippen molar-refractivity contribution in [3.63, 3.8) is 0 Å². The molecule has 1 saturated carbocycles. The van der Waals surface area contributed by atoms with Gasteiger partial charge in [-0.15, -0.1) is 0 Å².